The number of nitrogens with zero attached hydrogens (tertiary/aromatic N) is 2. The minimum absolute atomic E-state index is 0.127. The summed E-state index contributed by atoms with van der Waals surface area (Å²) in [5.41, 5.74) is 1.41. The van der Waals surface area contributed by atoms with Crippen molar-refractivity contribution < 1.29 is 8.42 Å². The van der Waals surface area contributed by atoms with Crippen LogP contribution >= 0.6 is 11.3 Å². The van der Waals surface area contributed by atoms with E-state index < -0.39 is 10.0 Å². The average molecular weight is 297 g/mol. The Labute approximate surface area is 116 Å². The Balaban J connectivity index is 2.10. The summed E-state index contributed by atoms with van der Waals surface area (Å²) < 4.78 is 26.0. The molecule has 0 fully saturated rings. The standard InChI is InChI=1S/C12H15N3O2S2/c1-2-3-8-19(16,17)15-12-14-11(9-18-12)10-6-4-5-7-13-10/h4-7,9H,2-3,8H2,1H3,(H,14,15). The van der Waals surface area contributed by atoms with Gasteiger partial charge in [0.2, 0.25) is 10.0 Å². The highest BCUT2D eigenvalue weighted by atomic mass is 32.2. The maximum Gasteiger partial charge on any atom is 0.234 e. The molecular formula is C12H15N3O2S2. The van der Waals surface area contributed by atoms with E-state index in [9.17, 15) is 8.42 Å². The Morgan fingerprint density at radius 1 is 1.32 bits per heavy atom. The van der Waals surface area contributed by atoms with E-state index in [1.165, 1.54) is 11.3 Å². The molecular weight excluding hydrogens is 282 g/mol. The molecule has 0 aromatic carbocycles. The van der Waals surface area contributed by atoms with Crippen LogP contribution in [0.2, 0.25) is 0 Å². The number of unbranched alkanes of at least 4 members (excludes halogenated alkanes) is 1. The fourth-order valence-electron chi connectivity index (χ4n) is 1.47. The number of thiazole rings is 1. The van der Waals surface area contributed by atoms with Gasteiger partial charge in [0.15, 0.2) is 5.13 Å². The van der Waals surface area contributed by atoms with Crippen LogP contribution in [0.1, 0.15) is 19.8 Å². The van der Waals surface area contributed by atoms with Crippen molar-refractivity contribution in [2.75, 3.05) is 10.5 Å². The molecule has 0 aliphatic carbocycles. The maximum atomic E-state index is 11.7. The summed E-state index contributed by atoms with van der Waals surface area (Å²) in [7, 11) is -3.29. The third kappa shape index (κ3) is 4.00. The molecule has 0 amide bonds. The third-order valence-corrected chi connectivity index (χ3v) is 4.66. The fraction of sp³-hybridized carbons (Fsp3) is 0.333. The van der Waals surface area contributed by atoms with Gasteiger partial charge in [0, 0.05) is 11.6 Å². The van der Waals surface area contributed by atoms with Crippen molar-refractivity contribution >= 4 is 26.5 Å². The summed E-state index contributed by atoms with van der Waals surface area (Å²) >= 11 is 1.26. The molecule has 0 unspecified atom stereocenters. The van der Waals surface area contributed by atoms with Gasteiger partial charge in [-0.3, -0.25) is 9.71 Å². The van der Waals surface area contributed by atoms with Crippen molar-refractivity contribution in [1.29, 1.82) is 0 Å². The van der Waals surface area contributed by atoms with Crippen molar-refractivity contribution in [3.63, 3.8) is 0 Å². The number of anilines is 1. The molecule has 0 spiro atoms. The monoisotopic (exact) mass is 297 g/mol. The first kappa shape index (κ1) is 14.0. The van der Waals surface area contributed by atoms with Crippen molar-refractivity contribution in [2.45, 2.75) is 19.8 Å². The van der Waals surface area contributed by atoms with Crippen LogP contribution in [-0.4, -0.2) is 24.1 Å². The largest absolute Gasteiger partial charge is 0.259 e. The van der Waals surface area contributed by atoms with Crippen LogP contribution in [0, 0.1) is 0 Å². The molecule has 2 heterocycles. The molecule has 0 saturated heterocycles. The van der Waals surface area contributed by atoms with Crippen molar-refractivity contribution in [2.24, 2.45) is 0 Å². The topological polar surface area (TPSA) is 72.0 Å². The summed E-state index contributed by atoms with van der Waals surface area (Å²) in [6.45, 7) is 1.96. The molecule has 0 radical (unpaired) electrons. The van der Waals surface area contributed by atoms with Gasteiger partial charge in [0.1, 0.15) is 5.69 Å². The van der Waals surface area contributed by atoms with Gasteiger partial charge < -0.3 is 0 Å². The Kier molecular flexibility index (Phi) is 4.49. The van der Waals surface area contributed by atoms with Gasteiger partial charge in [-0.05, 0) is 18.6 Å². The van der Waals surface area contributed by atoms with E-state index in [1.54, 1.807) is 11.6 Å². The van der Waals surface area contributed by atoms with Gasteiger partial charge in [-0.25, -0.2) is 13.4 Å². The lowest BCUT2D eigenvalue weighted by atomic mass is 10.3. The number of hydrogen-bond acceptors (Lipinski definition) is 5. The number of aromatic nitrogens is 2. The van der Waals surface area contributed by atoms with Crippen LogP contribution in [0.4, 0.5) is 5.13 Å². The zero-order valence-corrected chi connectivity index (χ0v) is 12.2. The van der Waals surface area contributed by atoms with E-state index >= 15 is 0 Å². The van der Waals surface area contributed by atoms with Crippen LogP contribution in [0.25, 0.3) is 11.4 Å². The second kappa shape index (κ2) is 6.12. The van der Waals surface area contributed by atoms with E-state index in [0.29, 0.717) is 17.2 Å². The summed E-state index contributed by atoms with van der Waals surface area (Å²) in [4.78, 5) is 8.41. The Hall–Kier alpha value is -1.47. The SMILES string of the molecule is CCCCS(=O)(=O)Nc1nc(-c2ccccn2)cs1. The molecule has 2 aromatic rings. The van der Waals surface area contributed by atoms with E-state index in [4.69, 9.17) is 0 Å². The first-order chi connectivity index (χ1) is 9.11. The van der Waals surface area contributed by atoms with Crippen molar-refractivity contribution in [1.82, 2.24) is 9.97 Å². The third-order valence-electron chi connectivity index (χ3n) is 2.44. The smallest absolute Gasteiger partial charge is 0.234 e. The second-order valence-corrected chi connectivity index (χ2v) is 6.73. The molecule has 7 heteroatoms. The molecule has 5 nitrogen and oxygen atoms in total. The second-order valence-electron chi connectivity index (χ2n) is 4.03. The van der Waals surface area contributed by atoms with Crippen LogP contribution in [-0.2, 0) is 10.0 Å². The molecule has 0 aliphatic rings. The van der Waals surface area contributed by atoms with Crippen LogP contribution in [0.3, 0.4) is 0 Å². The molecule has 1 N–H and O–H groups in total. The zero-order chi connectivity index (χ0) is 13.7. The first-order valence-electron chi connectivity index (χ1n) is 5.98. The number of sulfonamides is 1. The molecule has 0 saturated carbocycles. The molecule has 0 aliphatic heterocycles. The number of hydrogen-bond donors (Lipinski definition) is 1. The molecule has 0 bridgehead atoms. The summed E-state index contributed by atoms with van der Waals surface area (Å²) in [6.07, 6.45) is 3.17. The van der Waals surface area contributed by atoms with Gasteiger partial charge in [-0.1, -0.05) is 19.4 Å². The van der Waals surface area contributed by atoms with Gasteiger partial charge >= 0.3 is 0 Å². The normalized spacial score (nSPS) is 11.4. The van der Waals surface area contributed by atoms with Gasteiger partial charge in [-0.2, -0.15) is 0 Å². The van der Waals surface area contributed by atoms with E-state index in [0.717, 1.165) is 12.1 Å². The van der Waals surface area contributed by atoms with Crippen LogP contribution < -0.4 is 4.72 Å². The van der Waals surface area contributed by atoms with Crippen LogP contribution in [0.5, 0.6) is 0 Å². The number of nitrogens with one attached hydrogen (secondary N) is 1. The van der Waals surface area contributed by atoms with E-state index in [-0.39, 0.29) is 5.75 Å². The molecule has 0 atom stereocenters. The zero-order valence-electron chi connectivity index (χ0n) is 10.5. The highest BCUT2D eigenvalue weighted by Crippen LogP contribution is 2.23. The minimum atomic E-state index is -3.29. The molecule has 19 heavy (non-hydrogen) atoms. The quantitative estimate of drug-likeness (QED) is 0.890. The van der Waals surface area contributed by atoms with E-state index in [2.05, 4.69) is 14.7 Å². The Morgan fingerprint density at radius 2 is 2.16 bits per heavy atom. The summed E-state index contributed by atoms with van der Waals surface area (Å²) in [5.74, 6) is 0.127. The minimum Gasteiger partial charge on any atom is -0.259 e. The summed E-state index contributed by atoms with van der Waals surface area (Å²) in [6, 6.07) is 5.53. The van der Waals surface area contributed by atoms with Gasteiger partial charge in [0.25, 0.3) is 0 Å². The predicted molar refractivity (Wildman–Crippen MR) is 77.7 cm³/mol. The predicted octanol–water partition coefficient (Wildman–Crippen LogP) is 2.75. The van der Waals surface area contributed by atoms with Gasteiger partial charge in [0.05, 0.1) is 11.4 Å². The van der Waals surface area contributed by atoms with E-state index in [1.807, 2.05) is 25.1 Å². The lowest BCUT2D eigenvalue weighted by molar-refractivity contribution is 0.598. The first-order valence-corrected chi connectivity index (χ1v) is 8.51. The molecule has 102 valence electrons. The highest BCUT2D eigenvalue weighted by molar-refractivity contribution is 7.92. The maximum absolute atomic E-state index is 11.7. The number of pyridine rings is 1. The Bertz CT molecular complexity index is 623. The lowest BCUT2D eigenvalue weighted by Crippen LogP contribution is -2.16. The number of rotatable bonds is 6. The van der Waals surface area contributed by atoms with Gasteiger partial charge in [-0.15, -0.1) is 11.3 Å². The van der Waals surface area contributed by atoms with Crippen molar-refractivity contribution in [3.8, 4) is 11.4 Å². The molecule has 2 aromatic heterocycles. The molecule has 2 rings (SSSR count). The Morgan fingerprint density at radius 3 is 2.84 bits per heavy atom. The summed E-state index contributed by atoms with van der Waals surface area (Å²) in [5, 5.41) is 2.18. The van der Waals surface area contributed by atoms with Crippen LogP contribution in [0.15, 0.2) is 29.8 Å². The average Bonchev–Trinajstić information content (AvgIpc) is 2.85. The lowest BCUT2D eigenvalue weighted by Gasteiger charge is -2.03. The van der Waals surface area contributed by atoms with Crippen molar-refractivity contribution in [3.05, 3.63) is 29.8 Å². The fourth-order valence-corrected chi connectivity index (χ4v) is 3.67. The highest BCUT2D eigenvalue weighted by Gasteiger charge is 2.13.